The van der Waals surface area contributed by atoms with E-state index >= 15 is 0 Å². The summed E-state index contributed by atoms with van der Waals surface area (Å²) in [5, 5.41) is 13.9. The van der Waals surface area contributed by atoms with Crippen LogP contribution in [0.3, 0.4) is 0 Å². The van der Waals surface area contributed by atoms with Crippen molar-refractivity contribution in [2.24, 2.45) is 7.05 Å². The third-order valence-electron chi connectivity index (χ3n) is 5.56. The molecule has 8 nitrogen and oxygen atoms in total. The molecule has 4 rings (SSSR count). The SMILES string of the molecule is CN(C)CCN(Cc1ccc(C#N)cc1)Cn1nc(C2COc3ccccc3O2)n(C)c1=S. The molecular formula is C24H28N6O2S. The number of hydrogen-bond acceptors (Lipinski definition) is 7. The van der Waals surface area contributed by atoms with Crippen LogP contribution < -0.4 is 9.47 Å². The van der Waals surface area contributed by atoms with Crippen LogP contribution in [0.25, 0.3) is 0 Å². The molecule has 0 aliphatic carbocycles. The zero-order valence-corrected chi connectivity index (χ0v) is 20.0. The number of para-hydroxylation sites is 2. The molecule has 0 amide bonds. The van der Waals surface area contributed by atoms with Gasteiger partial charge in [0.2, 0.25) is 0 Å². The molecule has 1 aliphatic rings. The molecule has 1 unspecified atom stereocenters. The highest BCUT2D eigenvalue weighted by molar-refractivity contribution is 7.71. The van der Waals surface area contributed by atoms with E-state index in [9.17, 15) is 0 Å². The summed E-state index contributed by atoms with van der Waals surface area (Å²) >= 11 is 5.71. The Morgan fingerprint density at radius 1 is 1.12 bits per heavy atom. The van der Waals surface area contributed by atoms with Gasteiger partial charge in [0.15, 0.2) is 28.2 Å². The van der Waals surface area contributed by atoms with Crippen LogP contribution in [-0.4, -0.2) is 57.9 Å². The van der Waals surface area contributed by atoms with Crippen molar-refractivity contribution in [1.29, 1.82) is 5.26 Å². The first-order valence-electron chi connectivity index (χ1n) is 10.8. The molecule has 1 aliphatic heterocycles. The number of aromatic nitrogens is 3. The van der Waals surface area contributed by atoms with Crippen molar-refractivity contribution < 1.29 is 9.47 Å². The van der Waals surface area contributed by atoms with Gasteiger partial charge in [0.25, 0.3) is 0 Å². The molecule has 3 aromatic rings. The van der Waals surface area contributed by atoms with Gasteiger partial charge in [-0.25, -0.2) is 4.68 Å². The fourth-order valence-corrected chi connectivity index (χ4v) is 3.89. The van der Waals surface area contributed by atoms with Gasteiger partial charge in [-0.2, -0.15) is 10.4 Å². The first-order chi connectivity index (χ1) is 15.9. The molecule has 0 fully saturated rings. The second kappa shape index (κ2) is 10.2. The standard InChI is InChI=1S/C24H28N6O2S/c1-27(2)12-13-29(15-19-10-8-18(14-25)9-11-19)17-30-24(33)28(3)23(26-30)22-16-31-20-6-4-5-7-21(20)32-22/h4-11,22H,12-13,15-17H2,1-3H3. The van der Waals surface area contributed by atoms with Crippen LogP contribution >= 0.6 is 12.2 Å². The number of fused-ring (bicyclic) bond motifs is 1. The number of nitrogens with zero attached hydrogens (tertiary/aromatic N) is 6. The molecule has 0 radical (unpaired) electrons. The number of ether oxygens (including phenoxy) is 2. The molecule has 0 saturated heterocycles. The second-order valence-electron chi connectivity index (χ2n) is 8.37. The molecule has 33 heavy (non-hydrogen) atoms. The lowest BCUT2D eigenvalue weighted by Crippen LogP contribution is -2.33. The Morgan fingerprint density at radius 3 is 2.55 bits per heavy atom. The van der Waals surface area contributed by atoms with Crippen LogP contribution in [0, 0.1) is 16.1 Å². The van der Waals surface area contributed by atoms with Crippen LogP contribution in [0.15, 0.2) is 48.5 Å². The molecule has 0 spiro atoms. The summed E-state index contributed by atoms with van der Waals surface area (Å²) in [7, 11) is 6.03. The van der Waals surface area contributed by atoms with Crippen molar-refractivity contribution in [3.8, 4) is 17.6 Å². The molecule has 172 valence electrons. The Kier molecular flexibility index (Phi) is 7.08. The van der Waals surface area contributed by atoms with Gasteiger partial charge >= 0.3 is 0 Å². The van der Waals surface area contributed by atoms with E-state index in [0.717, 1.165) is 36.8 Å². The third-order valence-corrected chi connectivity index (χ3v) is 6.04. The molecule has 9 heteroatoms. The quantitative estimate of drug-likeness (QED) is 0.474. The summed E-state index contributed by atoms with van der Waals surface area (Å²) in [5.74, 6) is 2.19. The Morgan fingerprint density at radius 2 is 1.85 bits per heavy atom. The van der Waals surface area contributed by atoms with Crippen LogP contribution in [0.4, 0.5) is 0 Å². The van der Waals surface area contributed by atoms with Gasteiger partial charge in [0, 0.05) is 26.7 Å². The average Bonchev–Trinajstić information content (AvgIpc) is 3.11. The van der Waals surface area contributed by atoms with Crippen molar-refractivity contribution in [2.75, 3.05) is 33.8 Å². The highest BCUT2D eigenvalue weighted by Gasteiger charge is 2.27. The monoisotopic (exact) mass is 464 g/mol. The average molecular weight is 465 g/mol. The Labute approximate surface area is 199 Å². The highest BCUT2D eigenvalue weighted by atomic mass is 32.1. The Hall–Kier alpha value is -3.19. The predicted octanol–water partition coefficient (Wildman–Crippen LogP) is 3.36. The van der Waals surface area contributed by atoms with Crippen molar-refractivity contribution in [1.82, 2.24) is 24.1 Å². The van der Waals surface area contributed by atoms with Gasteiger partial charge in [-0.3, -0.25) is 4.90 Å². The van der Waals surface area contributed by atoms with Gasteiger partial charge in [0.05, 0.1) is 18.3 Å². The lowest BCUT2D eigenvalue weighted by molar-refractivity contribution is 0.0819. The first-order valence-corrected chi connectivity index (χ1v) is 11.2. The molecule has 0 bridgehead atoms. The molecule has 0 saturated carbocycles. The summed E-state index contributed by atoms with van der Waals surface area (Å²) in [6.45, 7) is 3.40. The molecule has 1 aromatic heterocycles. The largest absolute Gasteiger partial charge is 0.485 e. The summed E-state index contributed by atoms with van der Waals surface area (Å²) < 4.78 is 16.4. The molecule has 2 aromatic carbocycles. The zero-order valence-electron chi connectivity index (χ0n) is 19.1. The van der Waals surface area contributed by atoms with Crippen LogP contribution in [0.2, 0.25) is 0 Å². The van der Waals surface area contributed by atoms with Gasteiger partial charge in [0.1, 0.15) is 6.61 Å². The maximum absolute atomic E-state index is 9.06. The second-order valence-corrected chi connectivity index (χ2v) is 8.73. The minimum atomic E-state index is -0.332. The van der Waals surface area contributed by atoms with Crippen LogP contribution in [0.1, 0.15) is 23.1 Å². The van der Waals surface area contributed by atoms with E-state index in [2.05, 4.69) is 30.0 Å². The molecule has 1 atom stereocenters. The molecule has 0 N–H and O–H groups in total. The van der Waals surface area contributed by atoms with Gasteiger partial charge < -0.3 is 18.9 Å². The minimum Gasteiger partial charge on any atom is -0.485 e. The summed E-state index contributed by atoms with van der Waals surface area (Å²) in [6.07, 6.45) is -0.332. The van der Waals surface area contributed by atoms with Crippen molar-refractivity contribution in [3.63, 3.8) is 0 Å². The lowest BCUT2D eigenvalue weighted by atomic mass is 10.1. The van der Waals surface area contributed by atoms with E-state index in [-0.39, 0.29) is 6.10 Å². The van der Waals surface area contributed by atoms with Gasteiger partial charge in [-0.15, -0.1) is 0 Å². The van der Waals surface area contributed by atoms with E-state index in [4.69, 9.17) is 32.1 Å². The first kappa shape index (κ1) is 23.0. The van der Waals surface area contributed by atoms with Gasteiger partial charge in [-0.1, -0.05) is 24.3 Å². The maximum Gasteiger partial charge on any atom is 0.198 e. The third kappa shape index (κ3) is 5.42. The summed E-state index contributed by atoms with van der Waals surface area (Å²) in [6, 6.07) is 17.5. The summed E-state index contributed by atoms with van der Waals surface area (Å²) in [5.41, 5.74) is 1.79. The van der Waals surface area contributed by atoms with Crippen LogP contribution in [0.5, 0.6) is 11.5 Å². The van der Waals surface area contributed by atoms with E-state index in [1.807, 2.05) is 64.8 Å². The highest BCUT2D eigenvalue weighted by Crippen LogP contribution is 2.35. The number of likely N-dealkylation sites (N-methyl/N-ethyl adjacent to an activating group) is 1. The Bertz CT molecular complexity index is 1190. The fraction of sp³-hybridized carbons (Fsp3) is 0.375. The lowest BCUT2D eigenvalue weighted by Gasteiger charge is -2.25. The van der Waals surface area contributed by atoms with E-state index in [1.54, 1.807) is 0 Å². The smallest absolute Gasteiger partial charge is 0.198 e. The zero-order chi connectivity index (χ0) is 23.4. The van der Waals surface area contributed by atoms with E-state index in [1.165, 1.54) is 0 Å². The molecule has 2 heterocycles. The van der Waals surface area contributed by atoms with Crippen LogP contribution in [-0.2, 0) is 20.3 Å². The Balaban J connectivity index is 1.53. The summed E-state index contributed by atoms with van der Waals surface area (Å²) in [4.78, 5) is 4.45. The number of hydrogen-bond donors (Lipinski definition) is 0. The number of nitriles is 1. The number of rotatable bonds is 8. The minimum absolute atomic E-state index is 0.332. The van der Waals surface area contributed by atoms with Crippen molar-refractivity contribution in [2.45, 2.75) is 19.3 Å². The van der Waals surface area contributed by atoms with Gasteiger partial charge in [-0.05, 0) is 56.1 Å². The van der Waals surface area contributed by atoms with E-state index in [0.29, 0.717) is 29.4 Å². The number of benzene rings is 2. The van der Waals surface area contributed by atoms with Crippen molar-refractivity contribution in [3.05, 3.63) is 70.3 Å². The van der Waals surface area contributed by atoms with E-state index < -0.39 is 0 Å². The predicted molar refractivity (Wildman–Crippen MR) is 127 cm³/mol. The topological polar surface area (TPSA) is 71.5 Å². The van der Waals surface area contributed by atoms with Crippen molar-refractivity contribution >= 4 is 12.2 Å². The molecular weight excluding hydrogens is 436 g/mol. The maximum atomic E-state index is 9.06. The fourth-order valence-electron chi connectivity index (χ4n) is 3.70. The normalized spacial score (nSPS) is 15.1.